The zero-order valence-electron chi connectivity index (χ0n) is 9.95. The molecule has 5 heteroatoms. The summed E-state index contributed by atoms with van der Waals surface area (Å²) >= 11 is 1.56. The summed E-state index contributed by atoms with van der Waals surface area (Å²) in [7, 11) is 0. The zero-order valence-corrected chi connectivity index (χ0v) is 10.8. The first-order chi connectivity index (χ1) is 8.34. The summed E-state index contributed by atoms with van der Waals surface area (Å²) in [6.45, 7) is 5.38. The van der Waals surface area contributed by atoms with Crippen LogP contribution in [-0.4, -0.2) is 43.5 Å². The Morgan fingerprint density at radius 1 is 1.47 bits per heavy atom. The Hall–Kier alpha value is -0.910. The van der Waals surface area contributed by atoms with Crippen molar-refractivity contribution in [1.29, 1.82) is 0 Å². The van der Waals surface area contributed by atoms with Crippen molar-refractivity contribution in [2.75, 3.05) is 38.0 Å². The predicted molar refractivity (Wildman–Crippen MR) is 71.5 cm³/mol. The molecule has 0 bridgehead atoms. The highest BCUT2D eigenvalue weighted by atomic mass is 32.1. The first kappa shape index (κ1) is 12.5. The lowest BCUT2D eigenvalue weighted by molar-refractivity contribution is -0.116. The Labute approximate surface area is 106 Å². The van der Waals surface area contributed by atoms with Crippen molar-refractivity contribution < 1.29 is 4.79 Å². The number of carbonyl (C=O) groups excluding carboxylic acids is 1. The maximum Gasteiger partial charge on any atom is 0.225 e. The largest absolute Gasteiger partial charge is 0.318 e. The number of hydrogen-bond acceptors (Lipinski definition) is 4. The van der Waals surface area contributed by atoms with Crippen LogP contribution in [0, 0.1) is 0 Å². The molecule has 0 radical (unpaired) electrons. The monoisotopic (exact) mass is 253 g/mol. The molecule has 2 rings (SSSR count). The summed E-state index contributed by atoms with van der Waals surface area (Å²) in [5.41, 5.74) is 0. The Morgan fingerprint density at radius 3 is 3.00 bits per heavy atom. The van der Waals surface area contributed by atoms with Gasteiger partial charge in [-0.1, -0.05) is 0 Å². The molecule has 0 aromatic carbocycles. The molecule has 0 aliphatic carbocycles. The van der Waals surface area contributed by atoms with Crippen LogP contribution in [0.5, 0.6) is 0 Å². The quantitative estimate of drug-likeness (QED) is 0.833. The molecule has 1 aliphatic heterocycles. The topological polar surface area (TPSA) is 44.4 Å². The summed E-state index contributed by atoms with van der Waals surface area (Å²) in [5, 5.41) is 9.14. The summed E-state index contributed by atoms with van der Waals surface area (Å²) < 4.78 is 0. The van der Waals surface area contributed by atoms with E-state index in [-0.39, 0.29) is 5.91 Å². The molecule has 0 saturated carbocycles. The van der Waals surface area contributed by atoms with Crippen molar-refractivity contribution in [3.05, 3.63) is 17.5 Å². The number of thiophene rings is 1. The van der Waals surface area contributed by atoms with Gasteiger partial charge in [0.1, 0.15) is 0 Å². The van der Waals surface area contributed by atoms with Gasteiger partial charge in [-0.3, -0.25) is 4.79 Å². The molecule has 0 spiro atoms. The normalized spacial score (nSPS) is 16.9. The van der Waals surface area contributed by atoms with Crippen LogP contribution in [0.3, 0.4) is 0 Å². The predicted octanol–water partition coefficient (Wildman–Crippen LogP) is 1.37. The smallest absolute Gasteiger partial charge is 0.225 e. The van der Waals surface area contributed by atoms with Gasteiger partial charge in [-0.2, -0.15) is 0 Å². The fourth-order valence-electron chi connectivity index (χ4n) is 1.95. The highest BCUT2D eigenvalue weighted by molar-refractivity contribution is 7.14. The molecule has 1 amide bonds. The number of anilines is 1. The van der Waals surface area contributed by atoms with E-state index < -0.39 is 0 Å². The number of hydrogen-bond donors (Lipinski definition) is 2. The second-order valence-corrected chi connectivity index (χ2v) is 5.17. The number of nitrogens with zero attached hydrogens (tertiary/aromatic N) is 1. The van der Waals surface area contributed by atoms with E-state index in [4.69, 9.17) is 0 Å². The molecule has 1 aliphatic rings. The first-order valence-electron chi connectivity index (χ1n) is 6.11. The molecule has 94 valence electrons. The van der Waals surface area contributed by atoms with Crippen molar-refractivity contribution in [3.63, 3.8) is 0 Å². The van der Waals surface area contributed by atoms with Gasteiger partial charge in [0.15, 0.2) is 0 Å². The van der Waals surface area contributed by atoms with Crippen LogP contribution in [0.2, 0.25) is 0 Å². The van der Waals surface area contributed by atoms with E-state index in [2.05, 4.69) is 15.5 Å². The van der Waals surface area contributed by atoms with Crippen molar-refractivity contribution >= 4 is 22.2 Å². The van der Waals surface area contributed by atoms with Crippen LogP contribution in [0.25, 0.3) is 0 Å². The van der Waals surface area contributed by atoms with Crippen molar-refractivity contribution in [3.8, 4) is 0 Å². The van der Waals surface area contributed by atoms with Crippen LogP contribution in [0.4, 0.5) is 5.00 Å². The van der Waals surface area contributed by atoms with Gasteiger partial charge in [-0.05, 0) is 30.5 Å². The molecule has 1 fully saturated rings. The number of piperazine rings is 1. The number of nitrogens with one attached hydrogen (secondary N) is 2. The van der Waals surface area contributed by atoms with Crippen molar-refractivity contribution in [1.82, 2.24) is 10.2 Å². The van der Waals surface area contributed by atoms with E-state index >= 15 is 0 Å². The number of carbonyl (C=O) groups is 1. The third-order valence-corrected chi connectivity index (χ3v) is 3.66. The van der Waals surface area contributed by atoms with E-state index in [1.54, 1.807) is 11.3 Å². The summed E-state index contributed by atoms with van der Waals surface area (Å²) in [6.07, 6.45) is 1.55. The average Bonchev–Trinajstić information content (AvgIpc) is 2.83. The third-order valence-electron chi connectivity index (χ3n) is 2.87. The van der Waals surface area contributed by atoms with Gasteiger partial charge in [0.25, 0.3) is 0 Å². The highest BCUT2D eigenvalue weighted by Crippen LogP contribution is 2.15. The van der Waals surface area contributed by atoms with Gasteiger partial charge < -0.3 is 15.5 Å². The summed E-state index contributed by atoms with van der Waals surface area (Å²) in [6, 6.07) is 3.87. The minimum absolute atomic E-state index is 0.127. The van der Waals surface area contributed by atoms with Crippen LogP contribution in [-0.2, 0) is 4.79 Å². The van der Waals surface area contributed by atoms with Crippen LogP contribution in [0.15, 0.2) is 17.5 Å². The van der Waals surface area contributed by atoms with Gasteiger partial charge in [-0.25, -0.2) is 0 Å². The fourth-order valence-corrected chi connectivity index (χ4v) is 2.58. The average molecular weight is 253 g/mol. The summed E-state index contributed by atoms with van der Waals surface area (Å²) in [4.78, 5) is 14.0. The van der Waals surface area contributed by atoms with E-state index in [1.165, 1.54) is 0 Å². The van der Waals surface area contributed by atoms with Gasteiger partial charge >= 0.3 is 0 Å². The van der Waals surface area contributed by atoms with Gasteiger partial charge in [0.2, 0.25) is 5.91 Å². The van der Waals surface area contributed by atoms with E-state index in [1.807, 2.05) is 17.5 Å². The number of amides is 1. The SMILES string of the molecule is O=C(CCCN1CCNCC1)Nc1cccs1. The van der Waals surface area contributed by atoms with Gasteiger partial charge in [-0.15, -0.1) is 11.3 Å². The second kappa shape index (κ2) is 6.74. The Morgan fingerprint density at radius 2 is 2.29 bits per heavy atom. The standard InChI is InChI=1S/C12H19N3OS/c16-11(14-12-4-2-10-17-12)3-1-7-15-8-5-13-6-9-15/h2,4,10,13H,1,3,5-9H2,(H,14,16). The van der Waals surface area contributed by atoms with E-state index in [0.717, 1.165) is 44.1 Å². The van der Waals surface area contributed by atoms with E-state index in [9.17, 15) is 4.79 Å². The highest BCUT2D eigenvalue weighted by Gasteiger charge is 2.09. The van der Waals surface area contributed by atoms with Gasteiger partial charge in [0, 0.05) is 32.6 Å². The Bertz CT molecular complexity index is 334. The lowest BCUT2D eigenvalue weighted by Crippen LogP contribution is -2.43. The van der Waals surface area contributed by atoms with Crippen molar-refractivity contribution in [2.24, 2.45) is 0 Å². The molecule has 1 saturated heterocycles. The second-order valence-electron chi connectivity index (χ2n) is 4.22. The fraction of sp³-hybridized carbons (Fsp3) is 0.583. The molecule has 4 nitrogen and oxygen atoms in total. The molecule has 0 atom stereocenters. The van der Waals surface area contributed by atoms with Crippen LogP contribution >= 0.6 is 11.3 Å². The van der Waals surface area contributed by atoms with Gasteiger partial charge in [0.05, 0.1) is 5.00 Å². The molecular weight excluding hydrogens is 234 g/mol. The molecule has 2 N–H and O–H groups in total. The number of rotatable bonds is 5. The molecule has 2 heterocycles. The molecule has 1 aromatic rings. The van der Waals surface area contributed by atoms with E-state index in [0.29, 0.717) is 6.42 Å². The van der Waals surface area contributed by atoms with Crippen LogP contribution in [0.1, 0.15) is 12.8 Å². The molecule has 1 aromatic heterocycles. The Balaban J connectivity index is 1.59. The third kappa shape index (κ3) is 4.46. The summed E-state index contributed by atoms with van der Waals surface area (Å²) in [5.74, 6) is 0.127. The minimum Gasteiger partial charge on any atom is -0.318 e. The zero-order chi connectivity index (χ0) is 11.9. The van der Waals surface area contributed by atoms with Crippen molar-refractivity contribution in [2.45, 2.75) is 12.8 Å². The lowest BCUT2D eigenvalue weighted by Gasteiger charge is -2.26. The molecule has 17 heavy (non-hydrogen) atoms. The van der Waals surface area contributed by atoms with Crippen LogP contribution < -0.4 is 10.6 Å². The maximum absolute atomic E-state index is 11.6. The molecule has 0 unspecified atom stereocenters. The minimum atomic E-state index is 0.127. The molecular formula is C12H19N3OS. The Kier molecular flexibility index (Phi) is 4.97. The first-order valence-corrected chi connectivity index (χ1v) is 6.99. The lowest BCUT2D eigenvalue weighted by atomic mass is 10.2. The maximum atomic E-state index is 11.6.